The zero-order valence-corrected chi connectivity index (χ0v) is 10.7. The number of amides is 1. The summed E-state index contributed by atoms with van der Waals surface area (Å²) >= 11 is 0. The Labute approximate surface area is 98.3 Å². The van der Waals surface area contributed by atoms with Gasteiger partial charge in [-0.1, -0.05) is 39.0 Å². The summed E-state index contributed by atoms with van der Waals surface area (Å²) in [5.41, 5.74) is 2.05. The first-order valence-electron chi connectivity index (χ1n) is 6.13. The molecule has 0 aromatic heterocycles. The molecule has 16 heavy (non-hydrogen) atoms. The van der Waals surface area contributed by atoms with Gasteiger partial charge in [-0.2, -0.15) is 0 Å². The zero-order valence-electron chi connectivity index (χ0n) is 10.7. The summed E-state index contributed by atoms with van der Waals surface area (Å²) in [6, 6.07) is 8.22. The fourth-order valence-corrected chi connectivity index (χ4v) is 1.85. The molecule has 0 aliphatic carbocycles. The van der Waals surface area contributed by atoms with Crippen LogP contribution in [0.2, 0.25) is 0 Å². The van der Waals surface area contributed by atoms with Gasteiger partial charge in [0.2, 0.25) is 0 Å². The van der Waals surface area contributed by atoms with Crippen molar-refractivity contribution in [3.05, 3.63) is 35.4 Å². The van der Waals surface area contributed by atoms with E-state index in [9.17, 15) is 4.79 Å². The molecule has 1 atom stereocenters. The molecule has 0 radical (unpaired) electrons. The van der Waals surface area contributed by atoms with Gasteiger partial charge >= 0.3 is 0 Å². The van der Waals surface area contributed by atoms with E-state index in [1.165, 1.54) is 0 Å². The van der Waals surface area contributed by atoms with Crippen molar-refractivity contribution in [3.63, 3.8) is 0 Å². The van der Waals surface area contributed by atoms with E-state index in [1.54, 1.807) is 0 Å². The highest BCUT2D eigenvalue weighted by Gasteiger charge is 2.29. The van der Waals surface area contributed by atoms with Crippen LogP contribution in [0.15, 0.2) is 24.3 Å². The number of hydrogen-bond donors (Lipinski definition) is 0. The molecule has 0 saturated heterocycles. The lowest BCUT2D eigenvalue weighted by molar-refractivity contribution is 0.0713. The highest BCUT2D eigenvalue weighted by Crippen LogP contribution is 2.24. The third kappa shape index (κ3) is 2.26. The van der Waals surface area contributed by atoms with Crippen LogP contribution in [0, 0.1) is 0 Å². The van der Waals surface area contributed by atoms with E-state index in [-0.39, 0.29) is 5.91 Å². The molecule has 0 spiro atoms. The van der Waals surface area contributed by atoms with E-state index < -0.39 is 0 Å². The van der Waals surface area contributed by atoms with Crippen molar-refractivity contribution in [2.24, 2.45) is 0 Å². The summed E-state index contributed by atoms with van der Waals surface area (Å²) in [6.45, 7) is 8.99. The Balaban J connectivity index is 0.000000606. The largest absolute Gasteiger partial charge is 0.332 e. The predicted molar refractivity (Wildman–Crippen MR) is 67.4 cm³/mol. The van der Waals surface area contributed by atoms with Crippen LogP contribution in [0.5, 0.6) is 0 Å². The molecule has 1 unspecified atom stereocenters. The highest BCUT2D eigenvalue weighted by atomic mass is 16.2. The molecule has 2 rings (SSSR count). The van der Waals surface area contributed by atoms with Gasteiger partial charge in [-0.25, -0.2) is 0 Å². The van der Waals surface area contributed by atoms with Gasteiger partial charge in [0.1, 0.15) is 0 Å². The zero-order chi connectivity index (χ0) is 12.1. The molecular weight excluding hydrogens is 198 g/mol. The van der Waals surface area contributed by atoms with Gasteiger partial charge in [-0.05, 0) is 25.0 Å². The van der Waals surface area contributed by atoms with Crippen LogP contribution in [0.25, 0.3) is 0 Å². The van der Waals surface area contributed by atoms with Crippen LogP contribution < -0.4 is 0 Å². The van der Waals surface area contributed by atoms with Crippen LogP contribution in [0.4, 0.5) is 0 Å². The second kappa shape index (κ2) is 5.69. The molecule has 0 saturated carbocycles. The Bertz CT molecular complexity index is 360. The van der Waals surface area contributed by atoms with Gasteiger partial charge in [-0.15, -0.1) is 0 Å². The third-order valence-electron chi connectivity index (χ3n) is 2.97. The van der Waals surface area contributed by atoms with Gasteiger partial charge in [0, 0.05) is 18.2 Å². The fourth-order valence-electron chi connectivity index (χ4n) is 1.85. The summed E-state index contributed by atoms with van der Waals surface area (Å²) in [7, 11) is 0. The molecule has 2 heteroatoms. The van der Waals surface area contributed by atoms with Crippen LogP contribution >= 0.6 is 0 Å². The number of rotatable bonds is 2. The molecule has 1 heterocycles. The topological polar surface area (TPSA) is 20.3 Å². The van der Waals surface area contributed by atoms with E-state index in [1.807, 2.05) is 43.0 Å². The van der Waals surface area contributed by atoms with Gasteiger partial charge in [0.25, 0.3) is 5.91 Å². The lowest BCUT2D eigenvalue weighted by Crippen LogP contribution is -2.32. The van der Waals surface area contributed by atoms with Crippen molar-refractivity contribution in [3.8, 4) is 0 Å². The lowest BCUT2D eigenvalue weighted by atomic mass is 10.1. The molecule has 2 nitrogen and oxygen atoms in total. The van der Waals surface area contributed by atoms with Crippen molar-refractivity contribution < 1.29 is 4.79 Å². The standard InChI is InChI=1S/C12H15NO.C2H6/c1-3-9(2)13-8-10-6-4-5-7-11(10)12(13)14;1-2/h4-7,9H,3,8H2,1-2H3;1-2H3. The fraction of sp³-hybridized carbons (Fsp3) is 0.500. The van der Waals surface area contributed by atoms with Crippen LogP contribution in [0.1, 0.15) is 50.0 Å². The second-order valence-corrected chi connectivity index (χ2v) is 3.85. The van der Waals surface area contributed by atoms with E-state index in [0.29, 0.717) is 6.04 Å². The minimum absolute atomic E-state index is 0.190. The molecule has 1 aliphatic heterocycles. The molecule has 1 aromatic rings. The van der Waals surface area contributed by atoms with Crippen molar-refractivity contribution in [1.29, 1.82) is 0 Å². The summed E-state index contributed by atoms with van der Waals surface area (Å²) in [5, 5.41) is 0. The first-order valence-corrected chi connectivity index (χ1v) is 6.13. The van der Waals surface area contributed by atoms with Crippen LogP contribution in [0.3, 0.4) is 0 Å². The Morgan fingerprint density at radius 3 is 2.50 bits per heavy atom. The molecule has 0 fully saturated rings. The maximum atomic E-state index is 11.9. The molecule has 1 aromatic carbocycles. The predicted octanol–water partition coefficient (Wildman–Crippen LogP) is 3.47. The van der Waals surface area contributed by atoms with Gasteiger partial charge < -0.3 is 4.90 Å². The molecule has 1 aliphatic rings. The number of hydrogen-bond acceptors (Lipinski definition) is 1. The Morgan fingerprint density at radius 2 is 1.94 bits per heavy atom. The third-order valence-corrected chi connectivity index (χ3v) is 2.97. The maximum Gasteiger partial charge on any atom is 0.254 e. The average Bonchev–Trinajstić information content (AvgIpc) is 2.69. The van der Waals surface area contributed by atoms with Gasteiger partial charge in [0.15, 0.2) is 0 Å². The minimum Gasteiger partial charge on any atom is -0.332 e. The van der Waals surface area contributed by atoms with E-state index in [0.717, 1.165) is 24.1 Å². The monoisotopic (exact) mass is 219 g/mol. The SMILES string of the molecule is CC.CCC(C)N1Cc2ccccc2C1=O. The van der Waals surface area contributed by atoms with E-state index in [2.05, 4.69) is 13.8 Å². The molecule has 0 N–H and O–H groups in total. The van der Waals surface area contributed by atoms with E-state index >= 15 is 0 Å². The van der Waals surface area contributed by atoms with E-state index in [4.69, 9.17) is 0 Å². The summed E-state index contributed by atoms with van der Waals surface area (Å²) < 4.78 is 0. The van der Waals surface area contributed by atoms with Crippen molar-refractivity contribution in [2.45, 2.75) is 46.7 Å². The summed E-state index contributed by atoms with van der Waals surface area (Å²) in [6.07, 6.45) is 1.01. The molecule has 0 bridgehead atoms. The minimum atomic E-state index is 0.190. The molecule has 88 valence electrons. The quantitative estimate of drug-likeness (QED) is 0.746. The Hall–Kier alpha value is -1.31. The molecule has 1 amide bonds. The first kappa shape index (κ1) is 12.8. The average molecular weight is 219 g/mol. The van der Waals surface area contributed by atoms with Gasteiger partial charge in [0.05, 0.1) is 0 Å². The van der Waals surface area contributed by atoms with Crippen molar-refractivity contribution in [2.75, 3.05) is 0 Å². The molecular formula is C14H21NO. The normalized spacial score (nSPS) is 15.2. The number of carbonyl (C=O) groups is 1. The number of fused-ring (bicyclic) bond motifs is 1. The Morgan fingerprint density at radius 1 is 1.31 bits per heavy atom. The van der Waals surface area contributed by atoms with Crippen molar-refractivity contribution >= 4 is 5.91 Å². The number of carbonyl (C=O) groups excluding carboxylic acids is 1. The maximum absolute atomic E-state index is 11.9. The summed E-state index contributed by atoms with van der Waals surface area (Å²) in [4.78, 5) is 13.9. The second-order valence-electron chi connectivity index (χ2n) is 3.85. The van der Waals surface area contributed by atoms with Gasteiger partial charge in [-0.3, -0.25) is 4.79 Å². The lowest BCUT2D eigenvalue weighted by Gasteiger charge is -2.22. The van der Waals surface area contributed by atoms with Crippen LogP contribution in [-0.4, -0.2) is 16.8 Å². The summed E-state index contributed by atoms with van der Waals surface area (Å²) in [5.74, 6) is 0.190. The first-order chi connectivity index (χ1) is 7.74. The van der Waals surface area contributed by atoms with Crippen molar-refractivity contribution in [1.82, 2.24) is 4.90 Å². The number of benzene rings is 1. The Kier molecular flexibility index (Phi) is 4.53. The van der Waals surface area contributed by atoms with Crippen LogP contribution in [-0.2, 0) is 6.54 Å². The highest BCUT2D eigenvalue weighted by molar-refractivity contribution is 5.98. The smallest absolute Gasteiger partial charge is 0.254 e. The number of nitrogens with zero attached hydrogens (tertiary/aromatic N) is 1.